The van der Waals surface area contributed by atoms with Crippen molar-refractivity contribution in [3.63, 3.8) is 0 Å². The Morgan fingerprint density at radius 3 is 2.55 bits per heavy atom. The van der Waals surface area contributed by atoms with Gasteiger partial charge < -0.3 is 9.84 Å². The zero-order chi connectivity index (χ0) is 28.1. The highest BCUT2D eigenvalue weighted by molar-refractivity contribution is 7.95. The Hall–Kier alpha value is -2.48. The average molecular weight is 563 g/mol. The number of hydrogen-bond donors (Lipinski definition) is 1. The van der Waals surface area contributed by atoms with Gasteiger partial charge in [0, 0.05) is 22.6 Å². The third-order valence-electron chi connectivity index (χ3n) is 6.41. The fraction of sp³-hybridized carbons (Fsp3) is 0.467. The normalized spacial score (nSPS) is 18.9. The van der Waals surface area contributed by atoms with Gasteiger partial charge in [-0.3, -0.25) is 4.79 Å². The van der Waals surface area contributed by atoms with Crippen LogP contribution in [-0.4, -0.2) is 38.5 Å². The van der Waals surface area contributed by atoms with Crippen molar-refractivity contribution in [1.82, 2.24) is 0 Å². The Balaban J connectivity index is 2.21. The molecular weight excluding hydrogens is 524 g/mol. The van der Waals surface area contributed by atoms with Crippen LogP contribution in [0.2, 0.25) is 5.02 Å². The summed E-state index contributed by atoms with van der Waals surface area (Å²) < 4.78 is 31.0. The van der Waals surface area contributed by atoms with Crippen molar-refractivity contribution >= 4 is 33.2 Å². The first kappa shape index (κ1) is 31.7. The molecule has 208 valence electrons. The number of carbonyl (C=O) groups excluding carboxylic acids is 2. The lowest BCUT2D eigenvalue weighted by Crippen LogP contribution is -2.14. The number of aliphatic hydroxyl groups is 1. The molecule has 1 aliphatic rings. The van der Waals surface area contributed by atoms with Gasteiger partial charge in [-0.2, -0.15) is 0 Å². The summed E-state index contributed by atoms with van der Waals surface area (Å²) in [6.07, 6.45) is 14.7. The second-order valence-electron chi connectivity index (χ2n) is 9.72. The molecule has 3 atom stereocenters. The van der Waals surface area contributed by atoms with Crippen molar-refractivity contribution in [2.24, 2.45) is 11.8 Å². The van der Waals surface area contributed by atoms with Gasteiger partial charge in [-0.1, -0.05) is 87.2 Å². The lowest BCUT2D eigenvalue weighted by molar-refractivity contribution is -0.134. The quantitative estimate of drug-likeness (QED) is 0.117. The standard InChI is InChI=1S/C30H39ClO6S/c1-4-5-10-22(2)19-26(32)18-15-24-20-28(38(35,36)21-23-13-16-25(31)17-14-23)30(34)27(24)11-8-6-7-9-12-29(33)37-3/h9,11-18,20,22,24,26,32H,4-8,10,19,21H2,1-3H3/b12-9+,18-15+,27-11-. The number of hydrogen-bond acceptors (Lipinski definition) is 6. The Kier molecular flexibility index (Phi) is 13.2. The highest BCUT2D eigenvalue weighted by atomic mass is 35.5. The van der Waals surface area contributed by atoms with Crippen LogP contribution in [-0.2, 0) is 29.9 Å². The molecule has 1 aliphatic carbocycles. The monoisotopic (exact) mass is 562 g/mol. The van der Waals surface area contributed by atoms with Gasteiger partial charge >= 0.3 is 5.97 Å². The molecule has 0 saturated carbocycles. The Labute approximate surface area is 232 Å². The molecule has 38 heavy (non-hydrogen) atoms. The third kappa shape index (κ3) is 10.4. The van der Waals surface area contributed by atoms with E-state index >= 15 is 0 Å². The predicted molar refractivity (Wildman–Crippen MR) is 152 cm³/mol. The molecule has 0 aromatic heterocycles. The Morgan fingerprint density at radius 1 is 1.18 bits per heavy atom. The van der Waals surface area contributed by atoms with Crippen LogP contribution in [0, 0.1) is 11.8 Å². The van der Waals surface area contributed by atoms with E-state index in [1.807, 2.05) is 0 Å². The maximum Gasteiger partial charge on any atom is 0.330 e. The molecule has 0 radical (unpaired) electrons. The molecule has 0 aliphatic heterocycles. The molecule has 0 fully saturated rings. The Morgan fingerprint density at radius 2 is 1.89 bits per heavy atom. The van der Waals surface area contributed by atoms with E-state index in [4.69, 9.17) is 11.6 Å². The van der Waals surface area contributed by atoms with Crippen molar-refractivity contribution < 1.29 is 27.9 Å². The highest BCUT2D eigenvalue weighted by Crippen LogP contribution is 2.33. The first-order chi connectivity index (χ1) is 18.1. The third-order valence-corrected chi connectivity index (χ3v) is 8.37. The van der Waals surface area contributed by atoms with E-state index < -0.39 is 33.6 Å². The highest BCUT2D eigenvalue weighted by Gasteiger charge is 2.36. The molecule has 0 bridgehead atoms. The maximum absolute atomic E-state index is 13.3. The maximum atomic E-state index is 13.3. The van der Waals surface area contributed by atoms with Crippen LogP contribution in [0.3, 0.4) is 0 Å². The molecule has 0 heterocycles. The summed E-state index contributed by atoms with van der Waals surface area (Å²) in [4.78, 5) is 24.3. The number of esters is 1. The van der Waals surface area contributed by atoms with Crippen molar-refractivity contribution in [2.75, 3.05) is 7.11 Å². The van der Waals surface area contributed by atoms with Gasteiger partial charge in [0.05, 0.1) is 19.0 Å². The number of ether oxygens (including phenoxy) is 1. The molecule has 0 spiro atoms. The van der Waals surface area contributed by atoms with E-state index in [1.54, 1.807) is 48.6 Å². The van der Waals surface area contributed by atoms with Crippen molar-refractivity contribution in [3.8, 4) is 0 Å². The summed E-state index contributed by atoms with van der Waals surface area (Å²) in [6.45, 7) is 4.24. The van der Waals surface area contributed by atoms with E-state index in [0.717, 1.165) is 19.3 Å². The summed E-state index contributed by atoms with van der Waals surface area (Å²) in [5.74, 6) is -1.42. The number of aliphatic hydroxyl groups excluding tert-OH is 1. The van der Waals surface area contributed by atoms with Crippen molar-refractivity contribution in [3.05, 3.63) is 81.8 Å². The number of rotatable bonds is 15. The summed E-state index contributed by atoms with van der Waals surface area (Å²) in [5.41, 5.74) is 0.931. The zero-order valence-electron chi connectivity index (χ0n) is 22.4. The van der Waals surface area contributed by atoms with Gasteiger partial charge in [-0.15, -0.1) is 0 Å². The first-order valence-corrected chi connectivity index (χ1v) is 15.1. The average Bonchev–Trinajstić information content (AvgIpc) is 3.20. The number of ketones is 1. The number of sulfone groups is 1. The van der Waals surface area contributed by atoms with E-state index in [0.29, 0.717) is 47.8 Å². The molecule has 3 unspecified atom stereocenters. The van der Waals surface area contributed by atoms with Gasteiger partial charge in [0.1, 0.15) is 4.91 Å². The van der Waals surface area contributed by atoms with Crippen LogP contribution < -0.4 is 0 Å². The van der Waals surface area contributed by atoms with E-state index in [1.165, 1.54) is 19.3 Å². The zero-order valence-corrected chi connectivity index (χ0v) is 24.0. The lowest BCUT2D eigenvalue weighted by Gasteiger charge is -2.14. The van der Waals surface area contributed by atoms with Gasteiger partial charge in [0.15, 0.2) is 9.84 Å². The molecule has 2 rings (SSSR count). The summed E-state index contributed by atoms with van der Waals surface area (Å²) in [7, 11) is -2.58. The van der Waals surface area contributed by atoms with E-state index in [9.17, 15) is 23.1 Å². The van der Waals surface area contributed by atoms with Crippen LogP contribution in [0.4, 0.5) is 0 Å². The minimum absolute atomic E-state index is 0.218. The number of Topliss-reactive ketones (excluding diaryl/α,β-unsaturated/α-hetero) is 1. The SMILES string of the molecule is CCCCC(C)CC(O)/C=C/C1C=C(S(=O)(=O)Cc2ccc(Cl)cc2)C(=O)/C1=C\CCC/C=C/C(=O)OC. The molecule has 1 N–H and O–H groups in total. The molecule has 1 aromatic rings. The largest absolute Gasteiger partial charge is 0.466 e. The van der Waals surface area contributed by atoms with Crippen LogP contribution in [0.15, 0.2) is 71.2 Å². The Bertz CT molecular complexity index is 1160. The van der Waals surface area contributed by atoms with E-state index in [-0.39, 0.29) is 10.7 Å². The van der Waals surface area contributed by atoms with Crippen molar-refractivity contribution in [2.45, 2.75) is 70.7 Å². The van der Waals surface area contributed by atoms with Gasteiger partial charge in [0.2, 0.25) is 5.78 Å². The fourth-order valence-corrected chi connectivity index (χ4v) is 5.95. The lowest BCUT2D eigenvalue weighted by atomic mass is 9.95. The van der Waals surface area contributed by atoms with Crippen LogP contribution in [0.1, 0.15) is 64.4 Å². The number of methoxy groups -OCH3 is 1. The second kappa shape index (κ2) is 15.8. The van der Waals surface area contributed by atoms with Gasteiger partial charge in [0.25, 0.3) is 0 Å². The van der Waals surface area contributed by atoms with E-state index in [2.05, 4.69) is 18.6 Å². The number of unbranched alkanes of at least 4 members (excludes halogenated alkanes) is 3. The number of halogens is 1. The number of allylic oxidation sites excluding steroid dienone is 6. The number of benzene rings is 1. The minimum Gasteiger partial charge on any atom is -0.466 e. The minimum atomic E-state index is -3.89. The van der Waals surface area contributed by atoms with Gasteiger partial charge in [-0.25, -0.2) is 13.2 Å². The molecule has 0 saturated heterocycles. The fourth-order valence-electron chi connectivity index (χ4n) is 4.28. The number of carbonyl (C=O) groups is 2. The van der Waals surface area contributed by atoms with Gasteiger partial charge in [-0.05, 0) is 49.3 Å². The summed E-state index contributed by atoms with van der Waals surface area (Å²) >= 11 is 5.91. The molecular formula is C30H39ClO6S. The molecule has 6 nitrogen and oxygen atoms in total. The van der Waals surface area contributed by atoms with Crippen LogP contribution >= 0.6 is 11.6 Å². The predicted octanol–water partition coefficient (Wildman–Crippen LogP) is 6.30. The van der Waals surface area contributed by atoms with Crippen LogP contribution in [0.5, 0.6) is 0 Å². The second-order valence-corrected chi connectivity index (χ2v) is 12.1. The summed E-state index contributed by atoms with van der Waals surface area (Å²) in [5, 5.41) is 11.0. The smallest absolute Gasteiger partial charge is 0.330 e. The van der Waals surface area contributed by atoms with Crippen LogP contribution in [0.25, 0.3) is 0 Å². The van der Waals surface area contributed by atoms with Crippen molar-refractivity contribution in [1.29, 1.82) is 0 Å². The molecule has 1 aromatic carbocycles. The summed E-state index contributed by atoms with van der Waals surface area (Å²) in [6, 6.07) is 6.50. The first-order valence-electron chi connectivity index (χ1n) is 13.1. The molecule has 8 heteroatoms. The topological polar surface area (TPSA) is 97.7 Å². The molecule has 0 amide bonds.